The molecule has 1 aromatic heterocycles. The molecule has 5 nitrogen and oxygen atoms in total. The molecule has 3 rings (SSSR count). The summed E-state index contributed by atoms with van der Waals surface area (Å²) in [4.78, 5) is 16.9. The number of carbonyl (C=O) groups is 1. The second kappa shape index (κ2) is 8.27. The van der Waals surface area contributed by atoms with Crippen molar-refractivity contribution in [3.63, 3.8) is 0 Å². The van der Waals surface area contributed by atoms with Crippen LogP contribution in [0.2, 0.25) is 5.02 Å². The number of hydrogen-bond acceptors (Lipinski definition) is 5. The highest BCUT2D eigenvalue weighted by molar-refractivity contribution is 6.30. The number of carbonyl (C=O) groups excluding carboxylic acids is 1. The van der Waals surface area contributed by atoms with Crippen molar-refractivity contribution < 1.29 is 14.3 Å². The molecule has 0 aliphatic heterocycles. The van der Waals surface area contributed by atoms with E-state index in [1.807, 2.05) is 44.2 Å². The molecule has 2 aromatic carbocycles. The molecule has 0 aliphatic rings. The number of benzene rings is 2. The Morgan fingerprint density at radius 3 is 2.67 bits per heavy atom. The van der Waals surface area contributed by atoms with Crippen LogP contribution in [0, 0.1) is 6.92 Å². The highest BCUT2D eigenvalue weighted by Gasteiger charge is 2.18. The van der Waals surface area contributed by atoms with Crippen molar-refractivity contribution >= 4 is 39.8 Å². The summed E-state index contributed by atoms with van der Waals surface area (Å²) in [5.41, 5.74) is 3.56. The van der Waals surface area contributed by atoms with Crippen LogP contribution in [0.3, 0.4) is 0 Å². The first-order valence-electron chi connectivity index (χ1n) is 8.79. The Morgan fingerprint density at radius 1 is 1.15 bits per heavy atom. The molecule has 3 aromatic rings. The Labute approximate surface area is 163 Å². The lowest BCUT2D eigenvalue weighted by Crippen LogP contribution is -2.09. The molecule has 1 N–H and O–H groups in total. The molecule has 0 bridgehead atoms. The molecule has 0 amide bonds. The van der Waals surface area contributed by atoms with Gasteiger partial charge in [0.1, 0.15) is 11.3 Å². The van der Waals surface area contributed by atoms with Crippen LogP contribution in [0.15, 0.2) is 42.6 Å². The number of aromatic nitrogens is 1. The summed E-state index contributed by atoms with van der Waals surface area (Å²) in [5.74, 6) is 0.284. The molecule has 0 saturated heterocycles. The Kier molecular flexibility index (Phi) is 5.81. The topological polar surface area (TPSA) is 60.5 Å². The van der Waals surface area contributed by atoms with Gasteiger partial charge >= 0.3 is 5.97 Å². The summed E-state index contributed by atoms with van der Waals surface area (Å²) < 4.78 is 10.8. The van der Waals surface area contributed by atoms with Gasteiger partial charge in [0.2, 0.25) is 0 Å². The van der Waals surface area contributed by atoms with E-state index in [9.17, 15) is 4.79 Å². The average Bonchev–Trinajstić information content (AvgIpc) is 2.64. The van der Waals surface area contributed by atoms with Gasteiger partial charge in [-0.3, -0.25) is 4.98 Å². The molecular weight excluding hydrogens is 364 g/mol. The maximum atomic E-state index is 12.5. The zero-order valence-electron chi connectivity index (χ0n) is 15.5. The van der Waals surface area contributed by atoms with Crippen molar-refractivity contribution in [1.29, 1.82) is 0 Å². The summed E-state index contributed by atoms with van der Waals surface area (Å²) in [6.45, 7) is 6.49. The van der Waals surface area contributed by atoms with E-state index in [2.05, 4.69) is 10.3 Å². The standard InChI is InChI=1S/C21H21ClN2O3/c1-4-26-15-7-9-19-16(11-15)20(17(12-23-19)21(25)27-5-2)24-18-8-6-14(22)10-13(18)3/h6-12H,4-5H2,1-3H3,(H,23,24). The van der Waals surface area contributed by atoms with E-state index in [1.54, 1.807) is 13.0 Å². The van der Waals surface area contributed by atoms with Gasteiger partial charge in [0, 0.05) is 22.3 Å². The van der Waals surface area contributed by atoms with E-state index in [0.717, 1.165) is 22.2 Å². The number of pyridine rings is 1. The van der Waals surface area contributed by atoms with Gasteiger partial charge in [-0.15, -0.1) is 0 Å². The van der Waals surface area contributed by atoms with Gasteiger partial charge in [0.25, 0.3) is 0 Å². The lowest BCUT2D eigenvalue weighted by Gasteiger charge is -2.16. The van der Waals surface area contributed by atoms with Crippen molar-refractivity contribution in [2.45, 2.75) is 20.8 Å². The number of rotatable bonds is 6. The van der Waals surface area contributed by atoms with Crippen LogP contribution >= 0.6 is 11.6 Å². The lowest BCUT2D eigenvalue weighted by atomic mass is 10.1. The molecule has 0 spiro atoms. The smallest absolute Gasteiger partial charge is 0.341 e. The lowest BCUT2D eigenvalue weighted by molar-refractivity contribution is 0.0527. The number of aryl methyl sites for hydroxylation is 1. The number of esters is 1. The van der Waals surface area contributed by atoms with Crippen LogP contribution in [-0.4, -0.2) is 24.2 Å². The summed E-state index contributed by atoms with van der Waals surface area (Å²) in [6, 6.07) is 11.2. The second-order valence-corrected chi connectivity index (χ2v) is 6.40. The van der Waals surface area contributed by atoms with Crippen molar-refractivity contribution in [3.8, 4) is 5.75 Å². The number of hydrogen-bond donors (Lipinski definition) is 1. The summed E-state index contributed by atoms with van der Waals surface area (Å²) in [5, 5.41) is 4.80. The fraction of sp³-hybridized carbons (Fsp3) is 0.238. The van der Waals surface area contributed by atoms with E-state index in [1.165, 1.54) is 6.20 Å². The first-order valence-corrected chi connectivity index (χ1v) is 9.17. The van der Waals surface area contributed by atoms with Crippen LogP contribution in [0.4, 0.5) is 11.4 Å². The van der Waals surface area contributed by atoms with Gasteiger partial charge in [-0.2, -0.15) is 0 Å². The van der Waals surface area contributed by atoms with Crippen LogP contribution in [-0.2, 0) is 4.74 Å². The van der Waals surface area contributed by atoms with E-state index >= 15 is 0 Å². The van der Waals surface area contributed by atoms with E-state index in [-0.39, 0.29) is 6.61 Å². The quantitative estimate of drug-likeness (QED) is 0.567. The van der Waals surface area contributed by atoms with E-state index < -0.39 is 5.97 Å². The first-order chi connectivity index (χ1) is 13.0. The zero-order valence-corrected chi connectivity index (χ0v) is 16.3. The predicted octanol–water partition coefficient (Wildman–Crippen LogP) is 5.52. The van der Waals surface area contributed by atoms with Crippen LogP contribution < -0.4 is 10.1 Å². The molecular formula is C21H21ClN2O3. The first kappa shape index (κ1) is 19.0. The minimum absolute atomic E-state index is 0.287. The zero-order chi connectivity index (χ0) is 19.4. The SMILES string of the molecule is CCOC(=O)c1cnc2ccc(OCC)cc2c1Nc1ccc(Cl)cc1C. The number of ether oxygens (including phenoxy) is 2. The summed E-state index contributed by atoms with van der Waals surface area (Å²) in [7, 11) is 0. The molecule has 0 radical (unpaired) electrons. The molecule has 6 heteroatoms. The molecule has 27 heavy (non-hydrogen) atoms. The fourth-order valence-corrected chi connectivity index (χ4v) is 3.06. The van der Waals surface area contributed by atoms with Gasteiger partial charge in [-0.1, -0.05) is 11.6 Å². The third-order valence-corrected chi connectivity index (χ3v) is 4.33. The molecule has 1 heterocycles. The third-order valence-electron chi connectivity index (χ3n) is 4.09. The van der Waals surface area contributed by atoms with Gasteiger partial charge in [-0.05, 0) is 62.7 Å². The van der Waals surface area contributed by atoms with Crippen molar-refractivity contribution in [2.24, 2.45) is 0 Å². The van der Waals surface area contributed by atoms with Crippen LogP contribution in [0.1, 0.15) is 29.8 Å². The van der Waals surface area contributed by atoms with Crippen molar-refractivity contribution in [2.75, 3.05) is 18.5 Å². The molecule has 0 atom stereocenters. The second-order valence-electron chi connectivity index (χ2n) is 5.96. The maximum absolute atomic E-state index is 12.5. The predicted molar refractivity (Wildman–Crippen MR) is 108 cm³/mol. The Morgan fingerprint density at radius 2 is 1.96 bits per heavy atom. The Hall–Kier alpha value is -2.79. The third kappa shape index (κ3) is 4.14. The number of anilines is 2. The Bertz CT molecular complexity index is 989. The average molecular weight is 385 g/mol. The minimum Gasteiger partial charge on any atom is -0.494 e. The molecule has 0 saturated carbocycles. The fourth-order valence-electron chi connectivity index (χ4n) is 2.83. The maximum Gasteiger partial charge on any atom is 0.341 e. The van der Waals surface area contributed by atoms with Gasteiger partial charge in [-0.25, -0.2) is 4.79 Å². The van der Waals surface area contributed by atoms with Crippen molar-refractivity contribution in [1.82, 2.24) is 4.98 Å². The number of fused-ring (bicyclic) bond motifs is 1. The largest absolute Gasteiger partial charge is 0.494 e. The molecule has 0 unspecified atom stereocenters. The summed E-state index contributed by atoms with van der Waals surface area (Å²) >= 11 is 6.07. The van der Waals surface area contributed by atoms with Gasteiger partial charge < -0.3 is 14.8 Å². The van der Waals surface area contributed by atoms with Crippen molar-refractivity contribution in [3.05, 3.63) is 58.7 Å². The highest BCUT2D eigenvalue weighted by Crippen LogP contribution is 2.33. The number of nitrogens with one attached hydrogen (secondary N) is 1. The van der Waals surface area contributed by atoms with E-state index in [4.69, 9.17) is 21.1 Å². The van der Waals surface area contributed by atoms with Crippen LogP contribution in [0.25, 0.3) is 10.9 Å². The van der Waals surface area contributed by atoms with Gasteiger partial charge in [0.15, 0.2) is 0 Å². The number of nitrogens with zero attached hydrogens (tertiary/aromatic N) is 1. The van der Waals surface area contributed by atoms with Crippen LogP contribution in [0.5, 0.6) is 5.75 Å². The van der Waals surface area contributed by atoms with E-state index in [0.29, 0.717) is 28.6 Å². The molecule has 0 aliphatic carbocycles. The molecule has 140 valence electrons. The minimum atomic E-state index is -0.428. The highest BCUT2D eigenvalue weighted by atomic mass is 35.5. The molecule has 0 fully saturated rings. The number of halogens is 1. The normalized spacial score (nSPS) is 10.7. The van der Waals surface area contributed by atoms with Gasteiger partial charge in [0.05, 0.1) is 24.4 Å². The monoisotopic (exact) mass is 384 g/mol. The summed E-state index contributed by atoms with van der Waals surface area (Å²) in [6.07, 6.45) is 1.54. The Balaban J connectivity index is 2.18.